The molecule has 2 aromatic carbocycles. The van der Waals surface area contributed by atoms with E-state index in [0.29, 0.717) is 48.3 Å². The molecule has 85 heavy (non-hydrogen) atoms. The summed E-state index contributed by atoms with van der Waals surface area (Å²) in [6.45, 7) is 4.89. The maximum atomic E-state index is 15.2. The molecule has 0 spiro atoms. The molecule has 436 valence electrons. The van der Waals surface area contributed by atoms with E-state index < -0.39 is 90.3 Å². The van der Waals surface area contributed by atoms with Crippen molar-refractivity contribution in [3.63, 3.8) is 0 Å². The van der Waals surface area contributed by atoms with Crippen molar-refractivity contribution in [2.45, 2.75) is 88.9 Å². The number of fused-ring (bicyclic) bond motifs is 15. The highest BCUT2D eigenvalue weighted by atomic mass is 32.2. The number of hydrogen-bond donors (Lipinski definition) is 8. The molecule has 3 aliphatic heterocycles. The highest BCUT2D eigenvalue weighted by molar-refractivity contribution is 8.14. The summed E-state index contributed by atoms with van der Waals surface area (Å²) >= 11 is 5.92. The highest BCUT2D eigenvalue weighted by Gasteiger charge is 2.46. The van der Waals surface area contributed by atoms with Crippen LogP contribution in [0.2, 0.25) is 0 Å². The molecule has 9 heterocycles. The molecule has 10 N–H and O–H groups in total. The summed E-state index contributed by atoms with van der Waals surface area (Å²) in [5, 5.41) is 41.7. The molecule has 7 amide bonds. The number of aliphatic hydroxyl groups is 1. The fourth-order valence-electron chi connectivity index (χ4n) is 9.90. The van der Waals surface area contributed by atoms with Crippen molar-refractivity contribution < 1.29 is 48.2 Å². The first-order chi connectivity index (χ1) is 40.8. The average molecular weight is 1240 g/mol. The molecule has 0 aliphatic carbocycles. The Labute approximate surface area is 504 Å². The van der Waals surface area contributed by atoms with Crippen LogP contribution in [0.3, 0.4) is 0 Å². The van der Waals surface area contributed by atoms with Gasteiger partial charge in [0.05, 0.1) is 40.8 Å². The highest BCUT2D eigenvalue weighted by Crippen LogP contribution is 2.44. The zero-order chi connectivity index (χ0) is 59.8. The Bertz CT molecular complexity index is 3940. The van der Waals surface area contributed by atoms with Gasteiger partial charge in [0.2, 0.25) is 29.5 Å². The first kappa shape index (κ1) is 58.2. The van der Waals surface area contributed by atoms with Crippen LogP contribution in [0.5, 0.6) is 5.75 Å². The van der Waals surface area contributed by atoms with E-state index in [2.05, 4.69) is 36.2 Å². The van der Waals surface area contributed by atoms with Gasteiger partial charge >= 0.3 is 0 Å². The van der Waals surface area contributed by atoms with E-state index in [1.165, 1.54) is 76.1 Å². The van der Waals surface area contributed by atoms with E-state index in [-0.39, 0.29) is 76.1 Å². The maximum absolute atomic E-state index is 15.2. The van der Waals surface area contributed by atoms with Crippen LogP contribution in [-0.4, -0.2) is 128 Å². The van der Waals surface area contributed by atoms with Crippen LogP contribution in [-0.2, 0) is 32.0 Å². The maximum Gasteiger partial charge on any atom is 0.274 e. The van der Waals surface area contributed by atoms with E-state index >= 15 is 4.79 Å². The molecule has 7 unspecified atom stereocenters. The Hall–Kier alpha value is -8.61. The molecule has 24 nitrogen and oxygen atoms in total. The molecule has 29 heteroatoms. The van der Waals surface area contributed by atoms with Crippen LogP contribution in [0.4, 0.5) is 0 Å². The van der Waals surface area contributed by atoms with Gasteiger partial charge in [-0.25, -0.2) is 29.9 Å². The first-order valence-electron chi connectivity index (χ1n) is 26.5. The molecule has 3 aliphatic rings. The van der Waals surface area contributed by atoms with Crippen LogP contribution in [0.25, 0.3) is 44.2 Å². The predicted molar refractivity (Wildman–Crippen MR) is 318 cm³/mol. The number of rotatable bonds is 10. The number of benzene rings is 2. The van der Waals surface area contributed by atoms with Crippen molar-refractivity contribution in [1.29, 1.82) is 0 Å². The van der Waals surface area contributed by atoms with Gasteiger partial charge in [0, 0.05) is 33.7 Å². The lowest BCUT2D eigenvalue weighted by molar-refractivity contribution is -0.145. The fraction of sp³-hybridized carbons (Fsp3) is 0.286. The largest absolute Gasteiger partial charge is 0.508 e. The lowest BCUT2D eigenvalue weighted by Crippen LogP contribution is -2.53. The summed E-state index contributed by atoms with van der Waals surface area (Å²) in [5.41, 5.74) is 14.0. The number of carbonyl (C=O) groups is 7. The van der Waals surface area contributed by atoms with Crippen LogP contribution in [0.15, 0.2) is 97.7 Å². The summed E-state index contributed by atoms with van der Waals surface area (Å²) in [6, 6.07) is 13.1. The molecule has 10 bridgehead atoms. The number of thiazole rings is 4. The van der Waals surface area contributed by atoms with Crippen molar-refractivity contribution >= 4 is 104 Å². The van der Waals surface area contributed by atoms with Crippen LogP contribution < -0.4 is 32.7 Å². The number of phenols is 1. The lowest BCUT2D eigenvalue weighted by atomic mass is 10.0. The smallest absolute Gasteiger partial charge is 0.274 e. The zero-order valence-corrected chi connectivity index (χ0v) is 49.3. The Balaban J connectivity index is 1.00. The normalized spacial score (nSPS) is 21.2. The Kier molecular flexibility index (Phi) is 16.8. The molecule has 1 fully saturated rings. The van der Waals surface area contributed by atoms with Crippen LogP contribution >= 0.6 is 57.1 Å². The second-order valence-corrected chi connectivity index (χ2v) is 24.9. The predicted octanol–water partition coefficient (Wildman–Crippen LogP) is 5.35. The number of aromatic hydroxyl groups is 1. The van der Waals surface area contributed by atoms with Gasteiger partial charge in [-0.1, -0.05) is 49.4 Å². The molecule has 6 aromatic heterocycles. The summed E-state index contributed by atoms with van der Waals surface area (Å²) in [7, 11) is 0. The van der Waals surface area contributed by atoms with Gasteiger partial charge in [0.25, 0.3) is 17.7 Å². The Morgan fingerprint density at radius 1 is 0.741 bits per heavy atom. The number of aromatic nitrogens is 6. The SMILES string of the molecule is Cc1oc2nc1C(=O)NC(CC(N)=O)c1nc(cs1)C(=O)NC(Cc1ccccc1)C1=NC(CS1)C(=O)NC(Cc1ccc(O)cc1)C(=O)N1C(O)CC(C)C1c1nc(cs1)-c1nc(cs1)-c1nc(-c3nc(C(=O)N[C@@H](C)C(N)=O)cs3)ccc1-2. The van der Waals surface area contributed by atoms with Gasteiger partial charge in [0.15, 0.2) is 5.69 Å². The number of hydrogen-bond acceptors (Lipinski definition) is 22. The third-order valence-corrected chi connectivity index (χ3v) is 19.0. The summed E-state index contributed by atoms with van der Waals surface area (Å²) < 4.78 is 6.21. The molecular weight excluding hydrogens is 1190 g/mol. The Morgan fingerprint density at radius 3 is 2.19 bits per heavy atom. The zero-order valence-electron chi connectivity index (χ0n) is 45.2. The molecule has 8 atom stereocenters. The van der Waals surface area contributed by atoms with Crippen molar-refractivity contribution in [3.05, 3.63) is 132 Å². The summed E-state index contributed by atoms with van der Waals surface area (Å²) in [5.74, 6) is -4.68. The summed E-state index contributed by atoms with van der Waals surface area (Å²) in [6.07, 6.45) is -1.19. The number of nitrogens with zero attached hydrogens (tertiary/aromatic N) is 8. The van der Waals surface area contributed by atoms with E-state index in [4.69, 9.17) is 35.8 Å². The fourth-order valence-corrected chi connectivity index (χ4v) is 14.5. The molecule has 1 saturated heterocycles. The number of thioether (sulfide) groups is 1. The summed E-state index contributed by atoms with van der Waals surface area (Å²) in [4.78, 5) is 131. The van der Waals surface area contributed by atoms with E-state index in [9.17, 15) is 39.0 Å². The van der Waals surface area contributed by atoms with E-state index in [1.807, 2.05) is 37.3 Å². The number of phenolic OH excluding ortho intramolecular Hbond substituents is 1. The van der Waals surface area contributed by atoms with Gasteiger partial charge in [-0.15, -0.1) is 57.1 Å². The molecule has 8 aromatic rings. The van der Waals surface area contributed by atoms with Gasteiger partial charge in [-0.2, -0.15) is 0 Å². The van der Waals surface area contributed by atoms with Gasteiger partial charge in [-0.3, -0.25) is 38.6 Å². The standard InChI is InChI=1S/C56H52N14O10S5/c1-24-15-41(73)70-44(24)55-68-39(23-85-55)54-64-35(19-81-54)43-30(13-14-31(60-43)51-65-36(20-82-51)46(75)59-25(2)45(58)74)50-69-42(26(3)80-50)49(78)62-33(18-40(57)72)53-67-37(21-84-53)47(76)61-32(16-27-7-5-4-6-8-27)52-66-38(22-83-52)48(77)63-34(56(70)79)17-28-9-11-29(71)12-10-28/h4-14,19-21,23-25,32-34,38,41,44,71,73H,15-18,22H2,1-3H3,(H2,57,72)(H2,58,74)(H,59,75)(H,61,76)(H,62,78)(H,63,77)/t24?,25-,32?,33?,34?,38?,41?,44?/m0/s1. The molecular formula is C56H52N14O10S5. The van der Waals surface area contributed by atoms with Crippen molar-refractivity contribution in [2.24, 2.45) is 22.4 Å². The topological polar surface area (TPSA) is 366 Å². The number of aliphatic hydroxyl groups excluding tert-OH is 1. The van der Waals surface area contributed by atoms with Crippen molar-refractivity contribution in [1.82, 2.24) is 56.1 Å². The van der Waals surface area contributed by atoms with E-state index in [0.717, 1.165) is 28.2 Å². The third kappa shape index (κ3) is 12.6. The van der Waals surface area contributed by atoms with Gasteiger partial charge < -0.3 is 52.3 Å². The number of aryl methyl sites for hydroxylation is 1. The number of nitrogens with two attached hydrogens (primary N) is 2. The minimum Gasteiger partial charge on any atom is -0.508 e. The number of aliphatic imine (C=N–C) groups is 1. The molecule has 11 rings (SSSR count). The molecule has 0 radical (unpaired) electrons. The quantitative estimate of drug-likeness (QED) is 0.0855. The van der Waals surface area contributed by atoms with Crippen LogP contribution in [0, 0.1) is 12.8 Å². The number of carbonyl (C=O) groups excluding carboxylic acids is 7. The van der Waals surface area contributed by atoms with E-state index in [1.54, 1.807) is 35.0 Å². The second-order valence-electron chi connectivity index (χ2n) is 20.4. The van der Waals surface area contributed by atoms with Crippen molar-refractivity contribution in [3.8, 4) is 50.0 Å². The number of oxazole rings is 1. The number of nitrogens with one attached hydrogen (secondary N) is 4. The number of pyridine rings is 1. The molecule has 0 saturated carbocycles. The number of amides is 7. The van der Waals surface area contributed by atoms with Crippen LogP contribution in [0.1, 0.15) is 97.1 Å². The van der Waals surface area contributed by atoms with Gasteiger partial charge in [0.1, 0.15) is 84.4 Å². The second kappa shape index (κ2) is 24.5. The van der Waals surface area contributed by atoms with Gasteiger partial charge in [-0.05, 0) is 68.0 Å². The first-order valence-corrected chi connectivity index (χ1v) is 31.0. The Morgan fingerprint density at radius 2 is 1.42 bits per heavy atom. The minimum absolute atomic E-state index is 0.00850. The monoisotopic (exact) mass is 1240 g/mol. The number of primary amides is 2. The minimum atomic E-state index is -1.25. The van der Waals surface area contributed by atoms with Crippen molar-refractivity contribution in [2.75, 3.05) is 5.75 Å². The third-order valence-electron chi connectivity index (χ3n) is 14.2. The lowest BCUT2D eigenvalue weighted by Gasteiger charge is -2.32. The average Bonchev–Trinajstić information content (AvgIpc) is 2.21.